The lowest BCUT2D eigenvalue weighted by atomic mass is 10.1. The second-order valence-corrected chi connectivity index (χ2v) is 10.6. The van der Waals surface area contributed by atoms with Crippen LogP contribution in [0.25, 0.3) is 23.0 Å². The third-order valence-corrected chi connectivity index (χ3v) is 6.77. The van der Waals surface area contributed by atoms with Crippen molar-refractivity contribution in [3.8, 4) is 41.3 Å². The fourth-order valence-electron chi connectivity index (χ4n) is 4.29. The fourth-order valence-corrected chi connectivity index (χ4v) is 4.29. The lowest BCUT2D eigenvalue weighted by Gasteiger charge is -2.07. The maximum atomic E-state index is 12.0. The Morgan fingerprint density at radius 3 is 1.63 bits per heavy atom. The zero-order valence-corrected chi connectivity index (χ0v) is 28.0. The summed E-state index contributed by atoms with van der Waals surface area (Å²) in [6.45, 7) is 0.406. The van der Waals surface area contributed by atoms with E-state index in [0.29, 0.717) is 47.2 Å². The average Bonchev–Trinajstić information content (AvgIpc) is 3.19. The number of ether oxygens (including phenoxy) is 3. The van der Waals surface area contributed by atoms with Gasteiger partial charge in [0.25, 0.3) is 11.8 Å². The van der Waals surface area contributed by atoms with Crippen molar-refractivity contribution in [2.24, 2.45) is 0 Å². The topological polar surface area (TPSA) is 176 Å². The van der Waals surface area contributed by atoms with Crippen molar-refractivity contribution in [3.63, 3.8) is 0 Å². The summed E-state index contributed by atoms with van der Waals surface area (Å²) in [4.78, 5) is 53.4. The monoisotopic (exact) mass is 695 g/mol. The summed E-state index contributed by atoms with van der Waals surface area (Å²) in [5.41, 5.74) is 3.86. The average molecular weight is 696 g/mol. The van der Waals surface area contributed by atoms with Crippen LogP contribution in [0.15, 0.2) is 116 Å². The number of nitrogens with one attached hydrogen (secondary N) is 2. The second-order valence-electron chi connectivity index (χ2n) is 10.6. The minimum atomic E-state index is -0.308. The van der Waals surface area contributed by atoms with Crippen molar-refractivity contribution in [3.05, 3.63) is 133 Å². The summed E-state index contributed by atoms with van der Waals surface area (Å²) >= 11 is 0. The first kappa shape index (κ1) is 36.3. The van der Waals surface area contributed by atoms with Gasteiger partial charge in [-0.1, -0.05) is 30.2 Å². The third-order valence-electron chi connectivity index (χ3n) is 6.77. The van der Waals surface area contributed by atoms with Gasteiger partial charge in [0.15, 0.2) is 11.6 Å². The van der Waals surface area contributed by atoms with E-state index in [4.69, 9.17) is 20.6 Å². The number of terminal acetylenes is 1. The van der Waals surface area contributed by atoms with Crippen molar-refractivity contribution < 1.29 is 23.8 Å². The Morgan fingerprint density at radius 2 is 1.17 bits per heavy atom. The van der Waals surface area contributed by atoms with E-state index in [-0.39, 0.29) is 31.6 Å². The molecule has 0 radical (unpaired) electrons. The molecule has 0 aliphatic heterocycles. The van der Waals surface area contributed by atoms with Crippen LogP contribution in [0.1, 0.15) is 16.7 Å². The quantitative estimate of drug-likeness (QED) is 0.159. The van der Waals surface area contributed by atoms with Gasteiger partial charge in [-0.15, -0.1) is 6.42 Å². The summed E-state index contributed by atoms with van der Waals surface area (Å²) in [6, 6.07) is 25.1. The standard InChI is InChI=1S/C20H16N4O2.C18H17N5O3/c1-2-15-6-8-16(9-7-15)13-26-14-19(25)23-18-10-12-22-20(24-18)17-5-3-4-11-21-17;1-25-17-6-5-13(10-21-17)11-26-12-16(24)22-15-7-9-20-18(23-15)14-4-2-3-8-19-14/h1,3-12H,13-14H2,(H,22,23,24,25);2-10H,11-12H2,1H3,(H,20,22,23,24). The number of nitrogens with zero attached hydrogens (tertiary/aromatic N) is 7. The number of aromatic nitrogens is 7. The van der Waals surface area contributed by atoms with E-state index in [1.54, 1.807) is 68.4 Å². The molecule has 2 N–H and O–H groups in total. The van der Waals surface area contributed by atoms with Crippen LogP contribution >= 0.6 is 0 Å². The number of amides is 2. The van der Waals surface area contributed by atoms with Gasteiger partial charge in [-0.3, -0.25) is 19.6 Å². The van der Waals surface area contributed by atoms with Crippen LogP contribution in [-0.4, -0.2) is 67.0 Å². The molecule has 0 aliphatic carbocycles. The molecule has 14 nitrogen and oxygen atoms in total. The molecule has 1 aromatic carbocycles. The zero-order chi connectivity index (χ0) is 36.4. The second kappa shape index (κ2) is 19.3. The predicted molar refractivity (Wildman–Crippen MR) is 192 cm³/mol. The SMILES string of the molecule is C#Cc1ccc(COCC(=O)Nc2ccnc(-c3ccccn3)n2)cc1.COc1ccc(COCC(=O)Nc2ccnc(-c3ccccn3)n2)cn1. The molecule has 0 bridgehead atoms. The van der Waals surface area contributed by atoms with E-state index in [1.165, 1.54) is 0 Å². The van der Waals surface area contributed by atoms with Gasteiger partial charge in [0, 0.05) is 42.6 Å². The number of anilines is 2. The van der Waals surface area contributed by atoms with Crippen LogP contribution in [-0.2, 0) is 32.3 Å². The lowest BCUT2D eigenvalue weighted by Crippen LogP contribution is -2.19. The molecule has 0 saturated carbocycles. The normalized spacial score (nSPS) is 10.2. The summed E-state index contributed by atoms with van der Waals surface area (Å²) in [5, 5.41) is 5.37. The Morgan fingerprint density at radius 1 is 0.635 bits per heavy atom. The molecule has 0 aliphatic rings. The van der Waals surface area contributed by atoms with Crippen molar-refractivity contribution in [2.45, 2.75) is 13.2 Å². The molecular weight excluding hydrogens is 662 g/mol. The van der Waals surface area contributed by atoms with Crippen LogP contribution in [0.5, 0.6) is 5.88 Å². The first-order valence-corrected chi connectivity index (χ1v) is 15.8. The molecule has 52 heavy (non-hydrogen) atoms. The first-order chi connectivity index (χ1) is 25.5. The van der Waals surface area contributed by atoms with E-state index in [2.05, 4.69) is 51.4 Å². The van der Waals surface area contributed by atoms with Crippen molar-refractivity contribution in [1.82, 2.24) is 34.9 Å². The molecule has 5 heterocycles. The van der Waals surface area contributed by atoms with Gasteiger partial charge in [0.05, 0.1) is 20.3 Å². The molecule has 260 valence electrons. The maximum Gasteiger partial charge on any atom is 0.251 e. The van der Waals surface area contributed by atoms with Crippen LogP contribution in [0.2, 0.25) is 0 Å². The Labute approximate surface area is 299 Å². The summed E-state index contributed by atoms with van der Waals surface area (Å²) in [6.07, 6.45) is 13.4. The highest BCUT2D eigenvalue weighted by atomic mass is 16.5. The van der Waals surface area contributed by atoms with Crippen molar-refractivity contribution in [2.75, 3.05) is 31.0 Å². The number of hydrogen-bond acceptors (Lipinski definition) is 12. The number of methoxy groups -OCH3 is 1. The number of carbonyl (C=O) groups is 2. The molecule has 0 atom stereocenters. The van der Waals surface area contributed by atoms with Gasteiger partial charge in [-0.05, 0) is 65.7 Å². The highest BCUT2D eigenvalue weighted by Crippen LogP contribution is 2.14. The summed E-state index contributed by atoms with van der Waals surface area (Å²) in [5.74, 6) is 4.14. The molecule has 6 rings (SSSR count). The fraction of sp³-hybridized carbons (Fsp3) is 0.132. The van der Waals surface area contributed by atoms with Gasteiger partial charge in [0.1, 0.15) is 36.2 Å². The van der Waals surface area contributed by atoms with E-state index in [9.17, 15) is 9.59 Å². The van der Waals surface area contributed by atoms with Crippen LogP contribution in [0, 0.1) is 12.3 Å². The predicted octanol–water partition coefficient (Wildman–Crippen LogP) is 4.77. The largest absolute Gasteiger partial charge is 0.481 e. The third kappa shape index (κ3) is 11.6. The van der Waals surface area contributed by atoms with Gasteiger partial charge in [0.2, 0.25) is 5.88 Å². The Bertz CT molecular complexity index is 2080. The molecule has 0 fully saturated rings. The number of benzene rings is 1. The maximum absolute atomic E-state index is 12.0. The van der Waals surface area contributed by atoms with Crippen molar-refractivity contribution >= 4 is 23.5 Å². The molecule has 14 heteroatoms. The van der Waals surface area contributed by atoms with Crippen LogP contribution < -0.4 is 15.4 Å². The molecule has 6 aromatic rings. The molecule has 5 aromatic heterocycles. The molecule has 0 saturated heterocycles. The molecular formula is C38H33N9O5. The number of rotatable bonds is 13. The van der Waals surface area contributed by atoms with E-state index < -0.39 is 0 Å². The minimum Gasteiger partial charge on any atom is -0.481 e. The van der Waals surface area contributed by atoms with E-state index >= 15 is 0 Å². The van der Waals surface area contributed by atoms with Gasteiger partial charge in [-0.2, -0.15) is 0 Å². The van der Waals surface area contributed by atoms with Crippen LogP contribution in [0.4, 0.5) is 11.6 Å². The summed E-state index contributed by atoms with van der Waals surface area (Å²) < 4.78 is 15.8. The first-order valence-electron chi connectivity index (χ1n) is 15.8. The number of hydrogen-bond donors (Lipinski definition) is 2. The van der Waals surface area contributed by atoms with Crippen LogP contribution in [0.3, 0.4) is 0 Å². The van der Waals surface area contributed by atoms with Gasteiger partial charge >= 0.3 is 0 Å². The molecule has 2 amide bonds. The van der Waals surface area contributed by atoms with Gasteiger partial charge in [-0.25, -0.2) is 24.9 Å². The Balaban J connectivity index is 0.000000201. The number of carbonyl (C=O) groups excluding carboxylic acids is 2. The molecule has 0 spiro atoms. The summed E-state index contributed by atoms with van der Waals surface area (Å²) in [7, 11) is 1.55. The minimum absolute atomic E-state index is 0.0835. The highest BCUT2D eigenvalue weighted by molar-refractivity contribution is 5.91. The van der Waals surface area contributed by atoms with E-state index in [1.807, 2.05) is 54.6 Å². The smallest absolute Gasteiger partial charge is 0.251 e. The van der Waals surface area contributed by atoms with Crippen molar-refractivity contribution in [1.29, 1.82) is 0 Å². The Hall–Kier alpha value is -6.95. The Kier molecular flexibility index (Phi) is 13.5. The highest BCUT2D eigenvalue weighted by Gasteiger charge is 2.09. The van der Waals surface area contributed by atoms with Gasteiger partial charge < -0.3 is 24.8 Å². The van der Waals surface area contributed by atoms with E-state index in [0.717, 1.165) is 16.7 Å². The molecule has 0 unspecified atom stereocenters. The number of pyridine rings is 3. The lowest BCUT2D eigenvalue weighted by molar-refractivity contribution is -0.121. The zero-order valence-electron chi connectivity index (χ0n) is 28.0.